The number of aliphatic hydroxyl groups excluding tert-OH is 2. The summed E-state index contributed by atoms with van der Waals surface area (Å²) in [6.45, 7) is 0. The molecule has 2 nitrogen and oxygen atoms in total. The van der Waals surface area contributed by atoms with Crippen LogP contribution in [0.3, 0.4) is 0 Å². The quantitative estimate of drug-likeness (QED) is 0.445. The summed E-state index contributed by atoms with van der Waals surface area (Å²) < 4.78 is 0. The van der Waals surface area contributed by atoms with E-state index in [-0.39, 0.29) is 11.8 Å². The van der Waals surface area contributed by atoms with Crippen LogP contribution in [0.2, 0.25) is 0 Å². The highest BCUT2D eigenvalue weighted by atomic mass is 16.3. The minimum atomic E-state index is -0.486. The van der Waals surface area contributed by atoms with E-state index >= 15 is 0 Å². The van der Waals surface area contributed by atoms with E-state index in [0.29, 0.717) is 0 Å². The maximum absolute atomic E-state index is 9.19. The first-order chi connectivity index (χ1) is 4.29. The second-order valence-electron chi connectivity index (χ2n) is 2.93. The van der Waals surface area contributed by atoms with Crippen LogP contribution < -0.4 is 0 Å². The Balaban J connectivity index is 2.26. The lowest BCUT2D eigenvalue weighted by Gasteiger charge is -2.17. The normalized spacial score (nSPS) is 54.9. The summed E-state index contributed by atoms with van der Waals surface area (Å²) in [5, 5.41) is 18.4. The molecule has 2 N–H and O–H groups in total. The molecular weight excluding hydrogens is 116 g/mol. The zero-order chi connectivity index (χ0) is 6.43. The van der Waals surface area contributed by atoms with Gasteiger partial charge in [-0.15, -0.1) is 0 Å². The standard InChI is InChI=1S/C7H10O2/c8-6-4-1-2-5(3-4)7(6)9/h1-2,4-9H,3H2/t4-,5+,6-,7+. The third kappa shape index (κ3) is 0.575. The van der Waals surface area contributed by atoms with Gasteiger partial charge in [-0.2, -0.15) is 0 Å². The third-order valence-electron chi connectivity index (χ3n) is 2.38. The Labute approximate surface area is 53.8 Å². The molecule has 0 aromatic rings. The number of aliphatic hydroxyl groups is 2. The third-order valence-corrected chi connectivity index (χ3v) is 2.38. The fourth-order valence-electron chi connectivity index (χ4n) is 1.77. The average molecular weight is 126 g/mol. The number of hydrogen-bond donors (Lipinski definition) is 2. The summed E-state index contributed by atoms with van der Waals surface area (Å²) in [7, 11) is 0. The number of rotatable bonds is 0. The van der Waals surface area contributed by atoms with Gasteiger partial charge in [-0.3, -0.25) is 0 Å². The fraction of sp³-hybridized carbons (Fsp3) is 0.714. The van der Waals surface area contributed by atoms with Gasteiger partial charge in [-0.25, -0.2) is 0 Å². The molecule has 0 aromatic heterocycles. The van der Waals surface area contributed by atoms with Crippen molar-refractivity contribution in [1.29, 1.82) is 0 Å². The molecule has 0 aromatic carbocycles. The van der Waals surface area contributed by atoms with E-state index in [1.165, 1.54) is 0 Å². The Kier molecular flexibility index (Phi) is 0.957. The van der Waals surface area contributed by atoms with Crippen LogP contribution in [0.1, 0.15) is 6.42 Å². The van der Waals surface area contributed by atoms with Crippen LogP contribution in [-0.4, -0.2) is 22.4 Å². The largest absolute Gasteiger partial charge is 0.390 e. The smallest absolute Gasteiger partial charge is 0.0867 e. The Morgan fingerprint density at radius 1 is 1.00 bits per heavy atom. The summed E-state index contributed by atoms with van der Waals surface area (Å²) in [4.78, 5) is 0. The summed E-state index contributed by atoms with van der Waals surface area (Å²) in [6.07, 6.45) is 3.98. The van der Waals surface area contributed by atoms with Crippen molar-refractivity contribution in [3.63, 3.8) is 0 Å². The van der Waals surface area contributed by atoms with Gasteiger partial charge in [-0.05, 0) is 6.42 Å². The zero-order valence-electron chi connectivity index (χ0n) is 5.07. The first kappa shape index (κ1) is 5.45. The van der Waals surface area contributed by atoms with Crippen molar-refractivity contribution in [1.82, 2.24) is 0 Å². The molecule has 2 bridgehead atoms. The van der Waals surface area contributed by atoms with Crippen LogP contribution in [0.5, 0.6) is 0 Å². The first-order valence-electron chi connectivity index (χ1n) is 3.33. The van der Waals surface area contributed by atoms with Crippen LogP contribution in [0.25, 0.3) is 0 Å². The molecule has 0 radical (unpaired) electrons. The van der Waals surface area contributed by atoms with Crippen molar-refractivity contribution in [3.8, 4) is 0 Å². The van der Waals surface area contributed by atoms with Gasteiger partial charge < -0.3 is 10.2 Å². The summed E-state index contributed by atoms with van der Waals surface area (Å²) in [6, 6.07) is 0. The minimum Gasteiger partial charge on any atom is -0.390 e. The molecule has 0 heterocycles. The van der Waals surface area contributed by atoms with Gasteiger partial charge in [0.2, 0.25) is 0 Å². The maximum Gasteiger partial charge on any atom is 0.0867 e. The van der Waals surface area contributed by atoms with E-state index in [4.69, 9.17) is 0 Å². The van der Waals surface area contributed by atoms with Gasteiger partial charge in [-0.1, -0.05) is 12.2 Å². The lowest BCUT2D eigenvalue weighted by atomic mass is 10.0. The van der Waals surface area contributed by atoms with E-state index in [1.54, 1.807) is 0 Å². The second kappa shape index (κ2) is 1.58. The molecule has 0 aliphatic heterocycles. The SMILES string of the molecule is O[C@@H]1[C@H](O)[C@@H]2C=C[C@H]1C2. The molecule has 0 spiro atoms. The van der Waals surface area contributed by atoms with Crippen LogP contribution in [0.4, 0.5) is 0 Å². The van der Waals surface area contributed by atoms with Crippen LogP contribution in [-0.2, 0) is 0 Å². The van der Waals surface area contributed by atoms with Crippen LogP contribution in [0.15, 0.2) is 12.2 Å². The van der Waals surface area contributed by atoms with Crippen molar-refractivity contribution in [2.45, 2.75) is 18.6 Å². The van der Waals surface area contributed by atoms with E-state index in [9.17, 15) is 10.2 Å². The minimum absolute atomic E-state index is 0.241. The van der Waals surface area contributed by atoms with Crippen molar-refractivity contribution in [3.05, 3.63) is 12.2 Å². The van der Waals surface area contributed by atoms with E-state index in [0.717, 1.165) is 6.42 Å². The highest BCUT2D eigenvalue weighted by molar-refractivity contribution is 5.14. The molecule has 2 aliphatic carbocycles. The van der Waals surface area contributed by atoms with Gasteiger partial charge in [0, 0.05) is 11.8 Å². The van der Waals surface area contributed by atoms with E-state index < -0.39 is 12.2 Å². The molecule has 0 saturated heterocycles. The highest BCUT2D eigenvalue weighted by Crippen LogP contribution is 2.38. The Bertz CT molecular complexity index is 137. The molecule has 2 heteroatoms. The predicted octanol–water partition coefficient (Wildman–Crippen LogP) is -0.0859. The Morgan fingerprint density at radius 3 is 1.67 bits per heavy atom. The maximum atomic E-state index is 9.19. The monoisotopic (exact) mass is 126 g/mol. The molecule has 2 rings (SSSR count). The van der Waals surface area contributed by atoms with Crippen molar-refractivity contribution in [2.75, 3.05) is 0 Å². The highest BCUT2D eigenvalue weighted by Gasteiger charge is 2.42. The lowest BCUT2D eigenvalue weighted by Crippen LogP contribution is -2.29. The second-order valence-corrected chi connectivity index (χ2v) is 2.93. The molecule has 0 amide bonds. The lowest BCUT2D eigenvalue weighted by molar-refractivity contribution is 0.0135. The van der Waals surface area contributed by atoms with Gasteiger partial charge in [0.15, 0.2) is 0 Å². The van der Waals surface area contributed by atoms with Gasteiger partial charge in [0.05, 0.1) is 12.2 Å². The number of fused-ring (bicyclic) bond motifs is 2. The molecule has 1 saturated carbocycles. The summed E-state index contributed by atoms with van der Waals surface area (Å²) in [5.74, 6) is 0.481. The molecule has 1 fully saturated rings. The summed E-state index contributed by atoms with van der Waals surface area (Å²) >= 11 is 0. The first-order valence-corrected chi connectivity index (χ1v) is 3.33. The number of hydrogen-bond acceptors (Lipinski definition) is 2. The fourth-order valence-corrected chi connectivity index (χ4v) is 1.77. The Hall–Kier alpha value is -0.340. The zero-order valence-corrected chi connectivity index (χ0v) is 5.07. The average Bonchev–Trinajstić information content (AvgIpc) is 2.37. The molecule has 50 valence electrons. The van der Waals surface area contributed by atoms with Crippen LogP contribution >= 0.6 is 0 Å². The molecule has 4 atom stereocenters. The van der Waals surface area contributed by atoms with Crippen LogP contribution in [0, 0.1) is 11.8 Å². The molecule has 2 aliphatic rings. The van der Waals surface area contributed by atoms with E-state index in [1.807, 2.05) is 12.2 Å². The van der Waals surface area contributed by atoms with Gasteiger partial charge in [0.1, 0.15) is 0 Å². The molecular formula is C7H10O2. The van der Waals surface area contributed by atoms with Crippen molar-refractivity contribution < 1.29 is 10.2 Å². The molecule has 9 heavy (non-hydrogen) atoms. The van der Waals surface area contributed by atoms with E-state index in [2.05, 4.69) is 0 Å². The predicted molar refractivity (Wildman–Crippen MR) is 32.8 cm³/mol. The van der Waals surface area contributed by atoms with Crippen molar-refractivity contribution >= 4 is 0 Å². The van der Waals surface area contributed by atoms with Crippen molar-refractivity contribution in [2.24, 2.45) is 11.8 Å². The topological polar surface area (TPSA) is 40.5 Å². The van der Waals surface area contributed by atoms with Gasteiger partial charge >= 0.3 is 0 Å². The Morgan fingerprint density at radius 2 is 1.44 bits per heavy atom. The summed E-state index contributed by atoms with van der Waals surface area (Å²) in [5.41, 5.74) is 0. The molecule has 0 unspecified atom stereocenters. The van der Waals surface area contributed by atoms with Gasteiger partial charge in [0.25, 0.3) is 0 Å².